The van der Waals surface area contributed by atoms with Crippen molar-refractivity contribution in [2.45, 2.75) is 37.3 Å². The van der Waals surface area contributed by atoms with Crippen LogP contribution in [0, 0.1) is 0 Å². The van der Waals surface area contributed by atoms with Gasteiger partial charge in [0.25, 0.3) is 0 Å². The average molecular weight is 510 g/mol. The Morgan fingerprint density at radius 2 is 1.72 bits per heavy atom. The summed E-state index contributed by atoms with van der Waals surface area (Å²) in [4.78, 5) is 26.2. The van der Waals surface area contributed by atoms with Crippen molar-refractivity contribution in [3.8, 4) is 5.75 Å². The highest BCUT2D eigenvalue weighted by atomic mass is 32.2. The molecule has 0 saturated carbocycles. The Morgan fingerprint density at radius 1 is 1.03 bits per heavy atom. The largest absolute Gasteiger partial charge is 0.495 e. The molecule has 3 aromatic carbocycles. The number of nitrogens with one attached hydrogen (secondary N) is 1. The van der Waals surface area contributed by atoms with Crippen LogP contribution in [-0.4, -0.2) is 51.0 Å². The monoisotopic (exact) mass is 509 g/mol. The SMILES string of the molecule is COc1cccc2c1N(C1CCN(S(=O)(=O)c3cccc4c(NC(C)=O)cccc34)CC1)C(=O)OC2. The molecule has 2 aliphatic rings. The first-order valence-electron chi connectivity index (χ1n) is 11.7. The number of fused-ring (bicyclic) bond motifs is 2. The van der Waals surface area contributed by atoms with E-state index in [0.29, 0.717) is 40.7 Å². The quantitative estimate of drug-likeness (QED) is 0.555. The third-order valence-corrected chi connectivity index (χ3v) is 8.65. The number of nitrogens with zero attached hydrogens (tertiary/aromatic N) is 2. The Morgan fingerprint density at radius 3 is 2.44 bits per heavy atom. The molecule has 0 aliphatic carbocycles. The first-order valence-corrected chi connectivity index (χ1v) is 13.2. The van der Waals surface area contributed by atoms with Crippen LogP contribution in [0.5, 0.6) is 5.75 Å². The van der Waals surface area contributed by atoms with Crippen LogP contribution in [0.25, 0.3) is 10.8 Å². The number of hydrogen-bond donors (Lipinski definition) is 1. The third-order valence-electron chi connectivity index (χ3n) is 6.69. The zero-order chi connectivity index (χ0) is 25.4. The lowest BCUT2D eigenvalue weighted by atomic mass is 10.0. The molecule has 0 aromatic heterocycles. The fourth-order valence-corrected chi connectivity index (χ4v) is 6.72. The first-order chi connectivity index (χ1) is 17.3. The number of anilines is 2. The van der Waals surface area contributed by atoms with Gasteiger partial charge >= 0.3 is 6.09 Å². The molecular weight excluding hydrogens is 482 g/mol. The van der Waals surface area contributed by atoms with Crippen LogP contribution < -0.4 is 15.0 Å². The molecule has 2 heterocycles. The van der Waals surface area contributed by atoms with Gasteiger partial charge < -0.3 is 14.8 Å². The van der Waals surface area contributed by atoms with E-state index >= 15 is 0 Å². The van der Waals surface area contributed by atoms with E-state index in [1.807, 2.05) is 12.1 Å². The average Bonchev–Trinajstić information content (AvgIpc) is 2.88. The van der Waals surface area contributed by atoms with E-state index in [-0.39, 0.29) is 36.5 Å². The van der Waals surface area contributed by atoms with Gasteiger partial charge in [0.2, 0.25) is 15.9 Å². The summed E-state index contributed by atoms with van der Waals surface area (Å²) in [6, 6.07) is 15.6. The van der Waals surface area contributed by atoms with Crippen molar-refractivity contribution in [1.82, 2.24) is 4.31 Å². The van der Waals surface area contributed by atoms with Gasteiger partial charge in [0.15, 0.2) is 0 Å². The van der Waals surface area contributed by atoms with E-state index in [2.05, 4.69) is 5.32 Å². The van der Waals surface area contributed by atoms with Gasteiger partial charge in [-0.3, -0.25) is 9.69 Å². The predicted octanol–water partition coefficient (Wildman–Crippen LogP) is 4.12. The topological polar surface area (TPSA) is 105 Å². The molecule has 2 amide bonds. The van der Waals surface area contributed by atoms with Gasteiger partial charge in [-0.2, -0.15) is 4.31 Å². The van der Waals surface area contributed by atoms with Crippen molar-refractivity contribution in [2.75, 3.05) is 30.4 Å². The van der Waals surface area contributed by atoms with Crippen LogP contribution in [0.1, 0.15) is 25.3 Å². The van der Waals surface area contributed by atoms with Crippen molar-refractivity contribution in [2.24, 2.45) is 0 Å². The molecule has 2 aliphatic heterocycles. The number of cyclic esters (lactones) is 1. The molecule has 5 rings (SSSR count). The maximum atomic E-state index is 13.7. The van der Waals surface area contributed by atoms with E-state index in [4.69, 9.17) is 9.47 Å². The zero-order valence-electron chi connectivity index (χ0n) is 20.1. The van der Waals surface area contributed by atoms with Crippen LogP contribution in [0.15, 0.2) is 59.5 Å². The summed E-state index contributed by atoms with van der Waals surface area (Å²) >= 11 is 0. The van der Waals surface area contributed by atoms with Crippen molar-refractivity contribution >= 4 is 44.2 Å². The van der Waals surface area contributed by atoms with E-state index in [1.165, 1.54) is 11.2 Å². The summed E-state index contributed by atoms with van der Waals surface area (Å²) in [5.74, 6) is 0.359. The maximum absolute atomic E-state index is 13.7. The highest BCUT2D eigenvalue weighted by Crippen LogP contribution is 2.40. The molecule has 0 spiro atoms. The Kier molecular flexibility index (Phi) is 6.31. The Labute approximate surface area is 209 Å². The number of carbonyl (C=O) groups is 2. The number of benzene rings is 3. The number of rotatable bonds is 5. The van der Waals surface area contributed by atoms with Gasteiger partial charge in [-0.15, -0.1) is 0 Å². The normalized spacial score (nSPS) is 16.9. The van der Waals surface area contributed by atoms with Crippen molar-refractivity contribution in [1.29, 1.82) is 0 Å². The number of piperidine rings is 1. The lowest BCUT2D eigenvalue weighted by molar-refractivity contribution is -0.114. The highest BCUT2D eigenvalue weighted by Gasteiger charge is 2.38. The van der Waals surface area contributed by atoms with E-state index in [0.717, 1.165) is 5.56 Å². The number of amides is 2. The van der Waals surface area contributed by atoms with Crippen LogP contribution in [-0.2, 0) is 26.2 Å². The summed E-state index contributed by atoms with van der Waals surface area (Å²) in [6.45, 7) is 2.10. The molecule has 10 heteroatoms. The second-order valence-corrected chi connectivity index (χ2v) is 10.8. The zero-order valence-corrected chi connectivity index (χ0v) is 20.9. The molecule has 9 nitrogen and oxygen atoms in total. The minimum Gasteiger partial charge on any atom is -0.495 e. The van der Waals surface area contributed by atoms with Gasteiger partial charge in [0, 0.05) is 48.1 Å². The van der Waals surface area contributed by atoms with Crippen molar-refractivity contribution in [3.63, 3.8) is 0 Å². The predicted molar refractivity (Wildman–Crippen MR) is 136 cm³/mol. The van der Waals surface area contributed by atoms with Crippen molar-refractivity contribution in [3.05, 3.63) is 60.2 Å². The lowest BCUT2D eigenvalue weighted by Gasteiger charge is -2.40. The number of carbonyl (C=O) groups excluding carboxylic acids is 2. The molecule has 3 aromatic rings. The fourth-order valence-electron chi connectivity index (χ4n) is 5.04. The molecule has 1 N–H and O–H groups in total. The van der Waals surface area contributed by atoms with Gasteiger partial charge in [0.1, 0.15) is 12.4 Å². The summed E-state index contributed by atoms with van der Waals surface area (Å²) in [6.07, 6.45) is 0.453. The van der Waals surface area contributed by atoms with Gasteiger partial charge in [0.05, 0.1) is 17.7 Å². The minimum absolute atomic E-state index is 0.177. The van der Waals surface area contributed by atoms with E-state index < -0.39 is 16.1 Å². The number of sulfonamides is 1. The van der Waals surface area contributed by atoms with Crippen LogP contribution in [0.4, 0.5) is 16.2 Å². The Balaban J connectivity index is 1.41. The molecule has 0 atom stereocenters. The summed E-state index contributed by atoms with van der Waals surface area (Å²) in [7, 11) is -2.25. The molecule has 0 radical (unpaired) electrons. The van der Waals surface area contributed by atoms with Gasteiger partial charge in [-0.05, 0) is 31.0 Å². The molecule has 36 heavy (non-hydrogen) atoms. The van der Waals surface area contributed by atoms with Crippen LogP contribution in [0.2, 0.25) is 0 Å². The first kappa shape index (κ1) is 24.1. The minimum atomic E-state index is -3.81. The Hall–Kier alpha value is -3.63. The van der Waals surface area contributed by atoms with Crippen LogP contribution >= 0.6 is 0 Å². The summed E-state index contributed by atoms with van der Waals surface area (Å²) < 4.78 is 39.7. The second kappa shape index (κ2) is 9.44. The van der Waals surface area contributed by atoms with Gasteiger partial charge in [-0.1, -0.05) is 36.4 Å². The van der Waals surface area contributed by atoms with E-state index in [1.54, 1.807) is 54.5 Å². The second-order valence-electron chi connectivity index (χ2n) is 8.87. The molecular formula is C26H27N3O6S. The summed E-state index contributed by atoms with van der Waals surface area (Å²) in [5.41, 5.74) is 2.11. The van der Waals surface area contributed by atoms with Crippen molar-refractivity contribution < 1.29 is 27.5 Å². The number of ether oxygens (including phenoxy) is 2. The Bertz CT molecular complexity index is 1430. The number of hydrogen-bond acceptors (Lipinski definition) is 6. The van der Waals surface area contributed by atoms with E-state index in [9.17, 15) is 18.0 Å². The molecule has 1 saturated heterocycles. The molecule has 188 valence electrons. The van der Waals surface area contributed by atoms with Crippen LogP contribution in [0.3, 0.4) is 0 Å². The smallest absolute Gasteiger partial charge is 0.415 e. The third kappa shape index (κ3) is 4.16. The standard InChI is InChI=1S/C26H27N3O6S/c1-17(30)27-22-9-4-8-21-20(22)7-5-11-24(21)36(32,33)28-14-12-19(13-15-28)29-25-18(16-35-26(29)31)6-3-10-23(25)34-2/h3-11,19H,12-16H2,1-2H3,(H,27,30). The lowest BCUT2D eigenvalue weighted by Crippen LogP contribution is -2.50. The van der Waals surface area contributed by atoms with Gasteiger partial charge in [-0.25, -0.2) is 13.2 Å². The summed E-state index contributed by atoms with van der Waals surface area (Å²) in [5, 5.41) is 3.96. The highest BCUT2D eigenvalue weighted by molar-refractivity contribution is 7.89. The molecule has 1 fully saturated rings. The molecule has 0 bridgehead atoms. The number of methoxy groups -OCH3 is 1. The fraction of sp³-hybridized carbons (Fsp3) is 0.308. The maximum Gasteiger partial charge on any atom is 0.415 e. The number of para-hydroxylation sites is 1. The molecule has 0 unspecified atom stereocenters.